The molecule has 1 aromatic heterocycles. The zero-order valence-electron chi connectivity index (χ0n) is 12.7. The summed E-state index contributed by atoms with van der Waals surface area (Å²) in [6, 6.07) is 12.7. The van der Waals surface area contributed by atoms with E-state index < -0.39 is 0 Å². The van der Waals surface area contributed by atoms with Gasteiger partial charge in [-0.2, -0.15) is 0 Å². The van der Waals surface area contributed by atoms with E-state index in [1.807, 2.05) is 19.2 Å². The van der Waals surface area contributed by atoms with Crippen molar-refractivity contribution in [2.45, 2.75) is 25.9 Å². The van der Waals surface area contributed by atoms with E-state index >= 15 is 0 Å². The van der Waals surface area contributed by atoms with Gasteiger partial charge in [0.2, 0.25) is 0 Å². The molecular weight excluding hydrogens is 260 g/mol. The fourth-order valence-corrected chi connectivity index (χ4v) is 3.03. The second-order valence-corrected chi connectivity index (χ2v) is 5.93. The average molecular weight is 282 g/mol. The van der Waals surface area contributed by atoms with Crippen LogP contribution in [0.2, 0.25) is 0 Å². The van der Waals surface area contributed by atoms with Crippen molar-refractivity contribution in [3.8, 4) is 0 Å². The minimum absolute atomic E-state index is 0.00157. The molecule has 2 heterocycles. The third kappa shape index (κ3) is 3.28. The summed E-state index contributed by atoms with van der Waals surface area (Å²) >= 11 is 0. The number of hydrogen-bond acceptors (Lipinski definition) is 4. The van der Waals surface area contributed by atoms with Crippen molar-refractivity contribution >= 4 is 0 Å². The van der Waals surface area contributed by atoms with Gasteiger partial charge in [-0.3, -0.25) is 4.90 Å². The molecule has 1 N–H and O–H groups in total. The minimum atomic E-state index is 0.00157. The van der Waals surface area contributed by atoms with Gasteiger partial charge in [0, 0.05) is 32.4 Å². The molecule has 2 aromatic rings. The van der Waals surface area contributed by atoms with Crippen LogP contribution < -0.4 is 5.32 Å². The lowest BCUT2D eigenvalue weighted by Gasteiger charge is -2.41. The fraction of sp³-hybridized carbons (Fsp3) is 0.412. The van der Waals surface area contributed by atoms with Crippen LogP contribution in [0.3, 0.4) is 0 Å². The molecule has 1 atom stereocenters. The summed E-state index contributed by atoms with van der Waals surface area (Å²) in [5, 5.41) is 3.66. The Balaban J connectivity index is 1.74. The molecule has 3 rings (SSSR count). The number of nitrogens with zero attached hydrogens (tertiary/aromatic N) is 3. The first kappa shape index (κ1) is 14.2. The predicted molar refractivity (Wildman–Crippen MR) is 83.8 cm³/mol. The minimum Gasteiger partial charge on any atom is -0.305 e. The molecule has 0 saturated carbocycles. The fourth-order valence-electron chi connectivity index (χ4n) is 3.03. The smallest absolute Gasteiger partial charge is 0.125 e. The third-order valence-corrected chi connectivity index (χ3v) is 4.11. The number of benzene rings is 1. The maximum Gasteiger partial charge on any atom is 0.125 e. The summed E-state index contributed by atoms with van der Waals surface area (Å²) in [5.74, 6) is 0.841. The highest BCUT2D eigenvalue weighted by atomic mass is 15.2. The Bertz CT molecular complexity index is 599. The van der Waals surface area contributed by atoms with Crippen LogP contribution in [0.15, 0.2) is 42.6 Å². The van der Waals surface area contributed by atoms with Crippen LogP contribution in [0.1, 0.15) is 24.0 Å². The summed E-state index contributed by atoms with van der Waals surface area (Å²) < 4.78 is 0. The lowest BCUT2D eigenvalue weighted by atomic mass is 9.89. The van der Waals surface area contributed by atoms with Gasteiger partial charge in [0.25, 0.3) is 0 Å². The van der Waals surface area contributed by atoms with E-state index in [1.165, 1.54) is 5.56 Å². The van der Waals surface area contributed by atoms with Gasteiger partial charge >= 0.3 is 0 Å². The standard InChI is InChI=1S/C17H22N4/c1-14-18-9-8-16(20-14)12-21-11-10-19-17(2,13-21)15-6-4-3-5-7-15/h3-9,19H,10-13H2,1-2H3. The second kappa shape index (κ2) is 5.92. The highest BCUT2D eigenvalue weighted by Crippen LogP contribution is 2.24. The average Bonchev–Trinajstić information content (AvgIpc) is 2.48. The molecule has 0 amide bonds. The van der Waals surface area contributed by atoms with Crippen LogP contribution >= 0.6 is 0 Å². The van der Waals surface area contributed by atoms with Crippen molar-refractivity contribution < 1.29 is 0 Å². The topological polar surface area (TPSA) is 41.1 Å². The summed E-state index contributed by atoms with van der Waals surface area (Å²) in [5.41, 5.74) is 2.44. The van der Waals surface area contributed by atoms with Crippen molar-refractivity contribution in [2.75, 3.05) is 19.6 Å². The third-order valence-electron chi connectivity index (χ3n) is 4.11. The van der Waals surface area contributed by atoms with E-state index in [0.717, 1.165) is 37.7 Å². The van der Waals surface area contributed by atoms with E-state index in [1.54, 1.807) is 0 Å². The molecule has 4 nitrogen and oxygen atoms in total. The summed E-state index contributed by atoms with van der Waals surface area (Å²) in [4.78, 5) is 11.1. The normalized spacial score (nSPS) is 23.1. The molecule has 0 aliphatic carbocycles. The van der Waals surface area contributed by atoms with Crippen LogP contribution in [0.5, 0.6) is 0 Å². The molecule has 110 valence electrons. The van der Waals surface area contributed by atoms with Crippen molar-refractivity contribution in [1.82, 2.24) is 20.2 Å². The number of aryl methyl sites for hydroxylation is 1. The summed E-state index contributed by atoms with van der Waals surface area (Å²) in [6.07, 6.45) is 1.84. The molecule has 0 radical (unpaired) electrons. The molecule has 0 spiro atoms. The van der Waals surface area contributed by atoms with E-state index in [-0.39, 0.29) is 5.54 Å². The molecule has 1 aromatic carbocycles. The largest absolute Gasteiger partial charge is 0.305 e. The van der Waals surface area contributed by atoms with Crippen LogP contribution in [-0.2, 0) is 12.1 Å². The Hall–Kier alpha value is -1.78. The molecule has 0 bridgehead atoms. The Labute approximate surface area is 126 Å². The highest BCUT2D eigenvalue weighted by Gasteiger charge is 2.32. The van der Waals surface area contributed by atoms with Gasteiger partial charge in [-0.25, -0.2) is 9.97 Å². The van der Waals surface area contributed by atoms with Crippen molar-refractivity contribution in [3.05, 3.63) is 59.7 Å². The molecule has 21 heavy (non-hydrogen) atoms. The molecule has 1 unspecified atom stereocenters. The Kier molecular flexibility index (Phi) is 3.99. The van der Waals surface area contributed by atoms with Gasteiger partial charge in [-0.1, -0.05) is 30.3 Å². The first-order valence-corrected chi connectivity index (χ1v) is 7.47. The maximum absolute atomic E-state index is 4.51. The van der Waals surface area contributed by atoms with Crippen molar-refractivity contribution in [3.63, 3.8) is 0 Å². The first-order valence-electron chi connectivity index (χ1n) is 7.47. The molecule has 1 fully saturated rings. The second-order valence-electron chi connectivity index (χ2n) is 5.93. The van der Waals surface area contributed by atoms with Gasteiger partial charge in [0.05, 0.1) is 11.2 Å². The number of aromatic nitrogens is 2. The first-order chi connectivity index (χ1) is 10.2. The Morgan fingerprint density at radius 2 is 2.05 bits per heavy atom. The quantitative estimate of drug-likeness (QED) is 0.936. The zero-order valence-corrected chi connectivity index (χ0v) is 12.7. The van der Waals surface area contributed by atoms with Crippen molar-refractivity contribution in [1.29, 1.82) is 0 Å². The van der Waals surface area contributed by atoms with Crippen LogP contribution in [-0.4, -0.2) is 34.5 Å². The number of piperazine rings is 1. The lowest BCUT2D eigenvalue weighted by molar-refractivity contribution is 0.135. The molecule has 1 saturated heterocycles. The van der Waals surface area contributed by atoms with E-state index in [0.29, 0.717) is 0 Å². The zero-order chi connectivity index (χ0) is 14.7. The van der Waals surface area contributed by atoms with E-state index in [9.17, 15) is 0 Å². The van der Waals surface area contributed by atoms with E-state index in [4.69, 9.17) is 0 Å². The number of hydrogen-bond donors (Lipinski definition) is 1. The summed E-state index contributed by atoms with van der Waals surface area (Å²) in [6.45, 7) is 8.13. The van der Waals surface area contributed by atoms with Gasteiger partial charge in [0.1, 0.15) is 5.82 Å². The van der Waals surface area contributed by atoms with Crippen LogP contribution in [0, 0.1) is 6.92 Å². The van der Waals surface area contributed by atoms with Gasteiger partial charge in [-0.05, 0) is 25.5 Å². The van der Waals surface area contributed by atoms with Gasteiger partial charge < -0.3 is 5.32 Å². The van der Waals surface area contributed by atoms with Gasteiger partial charge in [-0.15, -0.1) is 0 Å². The van der Waals surface area contributed by atoms with Crippen molar-refractivity contribution in [2.24, 2.45) is 0 Å². The van der Waals surface area contributed by atoms with E-state index in [2.05, 4.69) is 57.4 Å². The molecule has 4 heteroatoms. The Morgan fingerprint density at radius 3 is 2.81 bits per heavy atom. The Morgan fingerprint density at radius 1 is 1.24 bits per heavy atom. The monoisotopic (exact) mass is 282 g/mol. The summed E-state index contributed by atoms with van der Waals surface area (Å²) in [7, 11) is 0. The molecular formula is C17H22N4. The van der Waals surface area contributed by atoms with Gasteiger partial charge in [0.15, 0.2) is 0 Å². The van der Waals surface area contributed by atoms with Crippen LogP contribution in [0.25, 0.3) is 0 Å². The predicted octanol–water partition coefficient (Wildman–Crippen LogP) is 2.11. The SMILES string of the molecule is Cc1nccc(CN2CCNC(C)(c3ccccc3)C2)n1. The number of rotatable bonds is 3. The highest BCUT2D eigenvalue weighted by molar-refractivity contribution is 5.25. The maximum atomic E-state index is 4.51. The lowest BCUT2D eigenvalue weighted by Crippen LogP contribution is -2.56. The molecule has 1 aliphatic heterocycles. The van der Waals surface area contributed by atoms with Crippen LogP contribution in [0.4, 0.5) is 0 Å². The molecule has 1 aliphatic rings. The number of nitrogens with one attached hydrogen (secondary N) is 1.